The number of nitrogens with one attached hydrogen (secondary N) is 2. The fourth-order valence-electron chi connectivity index (χ4n) is 3.42. The topological polar surface area (TPSA) is 70.2 Å². The van der Waals surface area contributed by atoms with Gasteiger partial charge in [0.2, 0.25) is 0 Å². The summed E-state index contributed by atoms with van der Waals surface area (Å²) < 4.78 is 0. The van der Waals surface area contributed by atoms with Crippen LogP contribution < -0.4 is 15.5 Å². The van der Waals surface area contributed by atoms with Crippen LogP contribution in [-0.2, 0) is 0 Å². The van der Waals surface area contributed by atoms with Crippen molar-refractivity contribution in [3.63, 3.8) is 0 Å². The first kappa shape index (κ1) is 19.8. The monoisotopic (exact) mass is 427 g/mol. The van der Waals surface area contributed by atoms with E-state index in [0.717, 1.165) is 42.9 Å². The van der Waals surface area contributed by atoms with E-state index >= 15 is 0 Å². The number of nitrogens with zero attached hydrogens (tertiary/aromatic N) is 3. The molecule has 0 saturated carbocycles. The predicted molar refractivity (Wildman–Crippen MR) is 119 cm³/mol. The maximum atomic E-state index is 12.5. The molecule has 8 heteroatoms. The second-order valence-corrected chi connectivity index (χ2v) is 8.19. The van der Waals surface area contributed by atoms with Crippen molar-refractivity contribution >= 4 is 39.7 Å². The van der Waals surface area contributed by atoms with Crippen LogP contribution in [0.15, 0.2) is 48.0 Å². The number of thiazole rings is 1. The van der Waals surface area contributed by atoms with Gasteiger partial charge in [-0.2, -0.15) is 0 Å². The molecule has 3 aromatic rings. The van der Waals surface area contributed by atoms with Crippen molar-refractivity contribution in [3.05, 3.63) is 58.7 Å². The van der Waals surface area contributed by atoms with Gasteiger partial charge in [0, 0.05) is 35.1 Å². The zero-order valence-electron chi connectivity index (χ0n) is 16.1. The maximum Gasteiger partial charge on any atom is 0.276 e. The zero-order chi connectivity index (χ0) is 20.2. The van der Waals surface area contributed by atoms with Gasteiger partial charge in [0.25, 0.3) is 5.91 Å². The van der Waals surface area contributed by atoms with Crippen molar-refractivity contribution in [2.45, 2.75) is 18.9 Å². The molecule has 0 spiro atoms. The molecule has 0 unspecified atom stereocenters. The Morgan fingerprint density at radius 2 is 2.00 bits per heavy atom. The van der Waals surface area contributed by atoms with Crippen LogP contribution in [0.4, 0.5) is 10.8 Å². The van der Waals surface area contributed by atoms with Crippen LogP contribution in [-0.4, -0.2) is 42.1 Å². The molecule has 4 rings (SSSR count). The van der Waals surface area contributed by atoms with Gasteiger partial charge in [-0.05, 0) is 38.1 Å². The third-order valence-electron chi connectivity index (χ3n) is 5.12. The largest absolute Gasteiger partial charge is 0.370 e. The van der Waals surface area contributed by atoms with Crippen molar-refractivity contribution in [2.24, 2.45) is 0 Å². The van der Waals surface area contributed by atoms with Crippen LogP contribution in [0.2, 0.25) is 5.02 Å². The molecule has 29 heavy (non-hydrogen) atoms. The second-order valence-electron chi connectivity index (χ2n) is 6.92. The minimum absolute atomic E-state index is 0.273. The standard InChI is InChI=1S/C21H22ClN5OS/c1-23-14-8-10-27(11-9-14)15-6-7-18(24-12-15)20(28)26-21-25-19(13-29-21)16-4-2-3-5-17(16)22/h2-7,12-14,23H,8-11H2,1H3,(H,25,26,28). The summed E-state index contributed by atoms with van der Waals surface area (Å²) in [6, 6.07) is 11.8. The highest BCUT2D eigenvalue weighted by atomic mass is 35.5. The number of anilines is 2. The summed E-state index contributed by atoms with van der Waals surface area (Å²) in [5.74, 6) is -0.273. The summed E-state index contributed by atoms with van der Waals surface area (Å²) in [6.07, 6.45) is 3.98. The molecule has 1 aliphatic rings. The van der Waals surface area contributed by atoms with Crippen LogP contribution in [0, 0.1) is 0 Å². The molecule has 2 N–H and O–H groups in total. The van der Waals surface area contributed by atoms with Crippen LogP contribution >= 0.6 is 22.9 Å². The van der Waals surface area contributed by atoms with Gasteiger partial charge in [-0.15, -0.1) is 11.3 Å². The molecule has 150 valence electrons. The Labute approximate surface area is 178 Å². The van der Waals surface area contributed by atoms with E-state index in [2.05, 4.69) is 25.5 Å². The van der Waals surface area contributed by atoms with Crippen molar-refractivity contribution in [3.8, 4) is 11.3 Å². The number of amides is 1. The number of piperidine rings is 1. The van der Waals surface area contributed by atoms with Crippen LogP contribution in [0.1, 0.15) is 23.3 Å². The first-order chi connectivity index (χ1) is 14.1. The first-order valence-corrected chi connectivity index (χ1v) is 10.8. The number of hydrogen-bond acceptors (Lipinski definition) is 6. The number of carbonyl (C=O) groups is 1. The molecular formula is C21H22ClN5OS. The number of pyridine rings is 1. The van der Waals surface area contributed by atoms with Gasteiger partial charge in [-0.1, -0.05) is 29.8 Å². The smallest absolute Gasteiger partial charge is 0.276 e. The highest BCUT2D eigenvalue weighted by Gasteiger charge is 2.19. The molecule has 1 aliphatic heterocycles. The van der Waals surface area contributed by atoms with E-state index in [1.807, 2.05) is 42.8 Å². The molecule has 1 amide bonds. The minimum atomic E-state index is -0.273. The second kappa shape index (κ2) is 8.90. The Balaban J connectivity index is 1.40. The summed E-state index contributed by atoms with van der Waals surface area (Å²) in [5.41, 5.74) is 3.00. The normalized spacial score (nSPS) is 14.8. The molecule has 1 saturated heterocycles. The fourth-order valence-corrected chi connectivity index (χ4v) is 4.36. The Morgan fingerprint density at radius 1 is 1.21 bits per heavy atom. The van der Waals surface area contributed by atoms with E-state index in [9.17, 15) is 4.79 Å². The highest BCUT2D eigenvalue weighted by Crippen LogP contribution is 2.30. The molecule has 1 fully saturated rings. The molecule has 0 bridgehead atoms. The molecule has 0 aliphatic carbocycles. The van der Waals surface area contributed by atoms with Crippen LogP contribution in [0.25, 0.3) is 11.3 Å². The average molecular weight is 428 g/mol. The lowest BCUT2D eigenvalue weighted by Gasteiger charge is -2.33. The lowest BCUT2D eigenvalue weighted by Crippen LogP contribution is -2.41. The van der Waals surface area contributed by atoms with Crippen LogP contribution in [0.3, 0.4) is 0 Å². The SMILES string of the molecule is CNC1CCN(c2ccc(C(=O)Nc3nc(-c4ccccc4Cl)cs3)nc2)CC1. The van der Waals surface area contributed by atoms with Gasteiger partial charge in [-0.3, -0.25) is 10.1 Å². The Bertz CT molecular complexity index is 983. The molecule has 2 aromatic heterocycles. The summed E-state index contributed by atoms with van der Waals surface area (Å²) >= 11 is 7.59. The quantitative estimate of drug-likeness (QED) is 0.635. The van der Waals surface area contributed by atoms with E-state index in [-0.39, 0.29) is 5.91 Å². The average Bonchev–Trinajstić information content (AvgIpc) is 3.22. The van der Waals surface area contributed by atoms with Crippen molar-refractivity contribution < 1.29 is 4.79 Å². The molecule has 1 aromatic carbocycles. The van der Waals surface area contributed by atoms with E-state index in [4.69, 9.17) is 11.6 Å². The summed E-state index contributed by atoms with van der Waals surface area (Å²) in [6.45, 7) is 1.98. The molecule has 6 nitrogen and oxygen atoms in total. The Kier molecular flexibility index (Phi) is 6.08. The Hall–Kier alpha value is -2.48. The van der Waals surface area contributed by atoms with Crippen molar-refractivity contribution in [1.82, 2.24) is 15.3 Å². The highest BCUT2D eigenvalue weighted by molar-refractivity contribution is 7.14. The van der Waals surface area contributed by atoms with Crippen LogP contribution in [0.5, 0.6) is 0 Å². The summed E-state index contributed by atoms with van der Waals surface area (Å²) in [7, 11) is 2.01. The fraction of sp³-hybridized carbons (Fsp3) is 0.286. The van der Waals surface area contributed by atoms with Gasteiger partial charge in [0.1, 0.15) is 5.69 Å². The number of halogens is 1. The zero-order valence-corrected chi connectivity index (χ0v) is 17.6. The predicted octanol–water partition coefficient (Wildman–Crippen LogP) is 4.30. The number of hydrogen-bond donors (Lipinski definition) is 2. The van der Waals surface area contributed by atoms with Crippen molar-refractivity contribution in [2.75, 3.05) is 30.4 Å². The lowest BCUT2D eigenvalue weighted by atomic mass is 10.1. The minimum Gasteiger partial charge on any atom is -0.370 e. The van der Waals surface area contributed by atoms with Gasteiger partial charge in [-0.25, -0.2) is 9.97 Å². The first-order valence-electron chi connectivity index (χ1n) is 9.54. The van der Waals surface area contributed by atoms with Gasteiger partial charge in [0.15, 0.2) is 5.13 Å². The number of carbonyl (C=O) groups excluding carboxylic acids is 1. The summed E-state index contributed by atoms with van der Waals surface area (Å²) in [5, 5.41) is 9.18. The lowest BCUT2D eigenvalue weighted by molar-refractivity contribution is 0.102. The molecule has 0 radical (unpaired) electrons. The summed E-state index contributed by atoms with van der Waals surface area (Å²) in [4.78, 5) is 23.7. The van der Waals surface area contributed by atoms with E-state index in [1.165, 1.54) is 11.3 Å². The van der Waals surface area contributed by atoms with Gasteiger partial charge >= 0.3 is 0 Å². The molecular weight excluding hydrogens is 406 g/mol. The Morgan fingerprint density at radius 3 is 2.69 bits per heavy atom. The number of benzene rings is 1. The third kappa shape index (κ3) is 4.58. The molecule has 3 heterocycles. The maximum absolute atomic E-state index is 12.5. The van der Waals surface area contributed by atoms with Crippen molar-refractivity contribution in [1.29, 1.82) is 0 Å². The van der Waals surface area contributed by atoms with E-state index < -0.39 is 0 Å². The van der Waals surface area contributed by atoms with Gasteiger partial charge < -0.3 is 10.2 Å². The van der Waals surface area contributed by atoms with E-state index in [0.29, 0.717) is 21.9 Å². The molecule has 0 atom stereocenters. The van der Waals surface area contributed by atoms with E-state index in [1.54, 1.807) is 12.3 Å². The van der Waals surface area contributed by atoms with Gasteiger partial charge in [0.05, 0.1) is 17.6 Å². The number of aromatic nitrogens is 2. The third-order valence-corrected chi connectivity index (χ3v) is 6.21. The number of rotatable bonds is 5.